The molecule has 0 saturated heterocycles. The van der Waals surface area contributed by atoms with Crippen LogP contribution in [-0.4, -0.2) is 36.0 Å². The zero-order valence-electron chi connectivity index (χ0n) is 16.9. The summed E-state index contributed by atoms with van der Waals surface area (Å²) in [4.78, 5) is 20.6. The molecule has 0 spiro atoms. The normalized spacial score (nSPS) is 11.8. The Morgan fingerprint density at radius 1 is 1.17 bits per heavy atom. The summed E-state index contributed by atoms with van der Waals surface area (Å²) in [6, 6.07) is 11.8. The molecule has 0 radical (unpaired) electrons. The number of fused-ring (bicyclic) bond motifs is 1. The Kier molecular flexibility index (Phi) is 8.03. The summed E-state index contributed by atoms with van der Waals surface area (Å²) >= 11 is 1.60. The smallest absolute Gasteiger partial charge is 0.239 e. The van der Waals surface area contributed by atoms with Crippen molar-refractivity contribution < 1.29 is 9.21 Å². The van der Waals surface area contributed by atoms with Gasteiger partial charge in [-0.05, 0) is 45.0 Å². The molecule has 3 rings (SSSR count). The van der Waals surface area contributed by atoms with Crippen molar-refractivity contribution in [3.05, 3.63) is 42.2 Å². The summed E-state index contributed by atoms with van der Waals surface area (Å²) in [5, 5.41) is 9.89. The molecule has 0 aliphatic rings. The molecule has 1 aromatic carbocycles. The van der Waals surface area contributed by atoms with Crippen LogP contribution in [0.5, 0.6) is 0 Å². The lowest BCUT2D eigenvalue weighted by molar-refractivity contribution is -0.121. The molecule has 0 bridgehead atoms. The van der Waals surface area contributed by atoms with E-state index in [1.54, 1.807) is 18.4 Å². The highest BCUT2D eigenvalue weighted by Crippen LogP contribution is 2.31. The van der Waals surface area contributed by atoms with Crippen molar-refractivity contribution >= 4 is 57.4 Å². The second-order valence-electron chi connectivity index (χ2n) is 7.33. The fourth-order valence-corrected chi connectivity index (χ4v) is 3.51. The summed E-state index contributed by atoms with van der Waals surface area (Å²) < 4.78 is 7.04. The molecule has 2 aromatic heterocycles. The van der Waals surface area contributed by atoms with Crippen LogP contribution >= 0.6 is 35.3 Å². The molecule has 0 saturated carbocycles. The number of aromatic nitrogens is 1. The van der Waals surface area contributed by atoms with Gasteiger partial charge in [-0.1, -0.05) is 12.1 Å². The number of hydrogen-bond donors (Lipinski definition) is 3. The van der Waals surface area contributed by atoms with Crippen LogP contribution in [0, 0.1) is 0 Å². The minimum Gasteiger partial charge on any atom is -0.457 e. The van der Waals surface area contributed by atoms with Gasteiger partial charge in [0.15, 0.2) is 16.7 Å². The van der Waals surface area contributed by atoms with E-state index in [0.717, 1.165) is 26.7 Å². The van der Waals surface area contributed by atoms with E-state index in [9.17, 15) is 4.79 Å². The van der Waals surface area contributed by atoms with Gasteiger partial charge in [0, 0.05) is 12.6 Å². The van der Waals surface area contributed by atoms with E-state index in [-0.39, 0.29) is 42.0 Å². The van der Waals surface area contributed by atoms with Crippen LogP contribution in [-0.2, 0) is 11.3 Å². The Balaban J connectivity index is 0.00000300. The highest BCUT2D eigenvalue weighted by molar-refractivity contribution is 14.0. The zero-order chi connectivity index (χ0) is 20.1. The van der Waals surface area contributed by atoms with Crippen molar-refractivity contribution in [2.45, 2.75) is 32.9 Å². The van der Waals surface area contributed by atoms with Crippen molar-refractivity contribution in [3.63, 3.8) is 0 Å². The molecular formula is C20H26IN5O2S. The number of hydrogen-bond acceptors (Lipinski definition) is 5. The average Bonchev–Trinajstić information content (AvgIpc) is 3.27. The van der Waals surface area contributed by atoms with Gasteiger partial charge in [0.1, 0.15) is 5.76 Å². The fraction of sp³-hybridized carbons (Fsp3) is 0.350. The molecule has 0 unspecified atom stereocenters. The number of rotatable bonds is 5. The summed E-state index contributed by atoms with van der Waals surface area (Å²) in [7, 11) is 1.66. The predicted molar refractivity (Wildman–Crippen MR) is 129 cm³/mol. The van der Waals surface area contributed by atoms with Crippen molar-refractivity contribution in [1.29, 1.82) is 0 Å². The first-order chi connectivity index (χ1) is 13.3. The number of guanidine groups is 1. The van der Waals surface area contributed by atoms with Gasteiger partial charge in [-0.15, -0.1) is 35.3 Å². The van der Waals surface area contributed by atoms with E-state index >= 15 is 0 Å². The first-order valence-electron chi connectivity index (χ1n) is 9.04. The van der Waals surface area contributed by atoms with E-state index in [1.807, 2.05) is 57.2 Å². The lowest BCUT2D eigenvalue weighted by Gasteiger charge is -2.21. The zero-order valence-corrected chi connectivity index (χ0v) is 20.1. The molecule has 0 aliphatic heterocycles. The standard InChI is InChI=1S/C20H25N5O2S.HI/c1-20(2,3)25-17(26)12-23-19(21-4)22-11-13-9-10-15(27-13)18-24-14-7-5-6-8-16(14)28-18;/h5-10H,11-12H2,1-4H3,(H,25,26)(H2,21,22,23);1H. The van der Waals surface area contributed by atoms with E-state index in [4.69, 9.17) is 4.42 Å². The van der Waals surface area contributed by atoms with Gasteiger partial charge >= 0.3 is 0 Å². The van der Waals surface area contributed by atoms with Crippen LogP contribution in [0.25, 0.3) is 21.0 Å². The van der Waals surface area contributed by atoms with Crippen LogP contribution in [0.3, 0.4) is 0 Å². The Morgan fingerprint density at radius 2 is 1.93 bits per heavy atom. The highest BCUT2D eigenvalue weighted by atomic mass is 127. The van der Waals surface area contributed by atoms with Crippen molar-refractivity contribution in [2.75, 3.05) is 13.6 Å². The highest BCUT2D eigenvalue weighted by Gasteiger charge is 2.14. The Hall–Kier alpha value is -2.14. The first-order valence-corrected chi connectivity index (χ1v) is 9.86. The van der Waals surface area contributed by atoms with Gasteiger partial charge in [-0.3, -0.25) is 9.79 Å². The van der Waals surface area contributed by atoms with Crippen LogP contribution in [0.2, 0.25) is 0 Å². The molecule has 29 heavy (non-hydrogen) atoms. The topological polar surface area (TPSA) is 91.5 Å². The van der Waals surface area contributed by atoms with Crippen molar-refractivity contribution in [2.24, 2.45) is 4.99 Å². The van der Waals surface area contributed by atoms with E-state index < -0.39 is 0 Å². The molecule has 7 nitrogen and oxygen atoms in total. The number of halogens is 1. The number of aliphatic imine (C=N–C) groups is 1. The number of carbonyl (C=O) groups excluding carboxylic acids is 1. The first kappa shape index (κ1) is 23.1. The summed E-state index contributed by atoms with van der Waals surface area (Å²) in [5.41, 5.74) is 0.706. The van der Waals surface area contributed by atoms with E-state index in [0.29, 0.717) is 12.5 Å². The Labute approximate surface area is 191 Å². The number of para-hydroxylation sites is 1. The molecule has 0 fully saturated rings. The number of nitrogens with one attached hydrogen (secondary N) is 3. The average molecular weight is 527 g/mol. The Morgan fingerprint density at radius 3 is 2.62 bits per heavy atom. The van der Waals surface area contributed by atoms with Crippen LogP contribution < -0.4 is 16.0 Å². The molecule has 0 atom stereocenters. The number of nitrogens with zero attached hydrogens (tertiary/aromatic N) is 2. The number of benzene rings is 1. The second-order valence-corrected chi connectivity index (χ2v) is 8.36. The minimum atomic E-state index is -0.263. The van der Waals surface area contributed by atoms with Crippen LogP contribution in [0.4, 0.5) is 0 Å². The van der Waals surface area contributed by atoms with Gasteiger partial charge in [0.25, 0.3) is 0 Å². The molecule has 0 aliphatic carbocycles. The molecule has 2 heterocycles. The summed E-state index contributed by atoms with van der Waals surface area (Å²) in [6.07, 6.45) is 0. The minimum absolute atomic E-state index is 0. The molecule has 9 heteroatoms. The molecule has 156 valence electrons. The fourth-order valence-electron chi connectivity index (χ4n) is 2.58. The van der Waals surface area contributed by atoms with Crippen molar-refractivity contribution in [3.8, 4) is 10.8 Å². The lowest BCUT2D eigenvalue weighted by atomic mass is 10.1. The molecule has 3 N–H and O–H groups in total. The molecule has 3 aromatic rings. The van der Waals surface area contributed by atoms with Gasteiger partial charge in [0.05, 0.1) is 23.3 Å². The molecular weight excluding hydrogens is 501 g/mol. The lowest BCUT2D eigenvalue weighted by Crippen LogP contribution is -2.48. The van der Waals surface area contributed by atoms with Gasteiger partial charge < -0.3 is 20.4 Å². The molecule has 1 amide bonds. The third-order valence-corrected chi connectivity index (χ3v) is 4.80. The maximum Gasteiger partial charge on any atom is 0.239 e. The number of furan rings is 1. The second kappa shape index (κ2) is 10.1. The van der Waals surface area contributed by atoms with Gasteiger partial charge in [0.2, 0.25) is 5.91 Å². The quantitative estimate of drug-likeness (QED) is 0.267. The monoisotopic (exact) mass is 527 g/mol. The summed E-state index contributed by atoms with van der Waals surface area (Å²) in [6.45, 7) is 6.42. The van der Waals surface area contributed by atoms with Gasteiger partial charge in [-0.2, -0.15) is 0 Å². The maximum absolute atomic E-state index is 11.9. The van der Waals surface area contributed by atoms with Crippen LogP contribution in [0.1, 0.15) is 26.5 Å². The predicted octanol–water partition coefficient (Wildman–Crippen LogP) is 3.75. The Bertz CT molecular complexity index is 957. The van der Waals surface area contributed by atoms with Crippen LogP contribution in [0.15, 0.2) is 45.8 Å². The van der Waals surface area contributed by atoms with Crippen molar-refractivity contribution in [1.82, 2.24) is 20.9 Å². The van der Waals surface area contributed by atoms with Gasteiger partial charge in [-0.25, -0.2) is 4.98 Å². The maximum atomic E-state index is 11.9. The van der Waals surface area contributed by atoms with E-state index in [2.05, 4.69) is 25.9 Å². The number of carbonyl (C=O) groups is 1. The third kappa shape index (κ3) is 6.70. The number of amides is 1. The largest absolute Gasteiger partial charge is 0.457 e. The van der Waals surface area contributed by atoms with E-state index in [1.165, 1.54) is 0 Å². The third-order valence-electron chi connectivity index (χ3n) is 3.75. The summed E-state index contributed by atoms with van der Waals surface area (Å²) in [5.74, 6) is 1.94. The number of thiazole rings is 1. The SMILES string of the molecule is CN=C(NCC(=O)NC(C)(C)C)NCc1ccc(-c2nc3ccccc3s2)o1.I.